The topological polar surface area (TPSA) is 96.3 Å². The summed E-state index contributed by atoms with van der Waals surface area (Å²) in [5.41, 5.74) is 12.4. The number of rotatable bonds is 7. The van der Waals surface area contributed by atoms with E-state index in [4.69, 9.17) is 22.1 Å². The number of para-hydroxylation sites is 1. The van der Waals surface area contributed by atoms with Gasteiger partial charge in [0, 0.05) is 30.7 Å². The number of hydrogen-bond acceptors (Lipinski definition) is 5. The van der Waals surface area contributed by atoms with Crippen molar-refractivity contribution < 1.29 is 9.53 Å². The molecule has 1 fully saturated rings. The number of nitrogens with two attached hydrogens (primary N) is 1. The van der Waals surface area contributed by atoms with Crippen LogP contribution < -0.4 is 20.7 Å². The number of aromatic amines is 1. The number of allylic oxidation sites excluding steroid dienone is 1. The number of nitrogens with one attached hydrogen (secondary N) is 2. The van der Waals surface area contributed by atoms with Crippen molar-refractivity contribution in [2.24, 2.45) is 11.1 Å². The average molecular weight is 570 g/mol. The van der Waals surface area contributed by atoms with Gasteiger partial charge >= 0.3 is 0 Å². The number of benzene rings is 3. The van der Waals surface area contributed by atoms with Gasteiger partial charge in [0.1, 0.15) is 5.75 Å². The Morgan fingerprint density at radius 3 is 2.76 bits per heavy atom. The molecule has 4 N–H and O–H groups in total. The van der Waals surface area contributed by atoms with E-state index in [0.717, 1.165) is 66.9 Å². The van der Waals surface area contributed by atoms with Gasteiger partial charge in [0.05, 0.1) is 28.4 Å². The Morgan fingerprint density at radius 1 is 1.15 bits per heavy atom. The summed E-state index contributed by atoms with van der Waals surface area (Å²) in [5.74, 6) is 0.590. The first-order valence-corrected chi connectivity index (χ1v) is 14.6. The van der Waals surface area contributed by atoms with Gasteiger partial charge in [-0.25, -0.2) is 0 Å². The van der Waals surface area contributed by atoms with E-state index in [1.165, 1.54) is 16.7 Å². The maximum Gasteiger partial charge on any atom is 0.252 e. The van der Waals surface area contributed by atoms with E-state index < -0.39 is 5.91 Å². The summed E-state index contributed by atoms with van der Waals surface area (Å²) in [6, 6.07) is 19.8. The van der Waals surface area contributed by atoms with Crippen LogP contribution in [0.25, 0.3) is 16.5 Å². The zero-order valence-electron chi connectivity index (χ0n) is 23.5. The molecule has 3 aromatic carbocycles. The molecule has 0 radical (unpaired) electrons. The van der Waals surface area contributed by atoms with E-state index in [1.807, 2.05) is 42.5 Å². The predicted octanol–water partition coefficient (Wildman–Crippen LogP) is 6.94. The summed E-state index contributed by atoms with van der Waals surface area (Å²) >= 11 is 6.24. The first kappa shape index (κ1) is 27.4. The molecular formula is C33H36ClN5O2. The second-order valence-electron chi connectivity index (χ2n) is 11.9. The van der Waals surface area contributed by atoms with Gasteiger partial charge in [-0.2, -0.15) is 5.10 Å². The van der Waals surface area contributed by atoms with Crippen molar-refractivity contribution >= 4 is 39.7 Å². The fourth-order valence-electron chi connectivity index (χ4n) is 6.25. The Labute approximate surface area is 245 Å². The SMILES string of the molecule is CC1(C)CCC(CC2CNCCN2c2cccc(C(N)=O)c2Oc2cccc3[nH]ncc23)=C(c2ccc(Cl)cc2)C1. The van der Waals surface area contributed by atoms with Crippen LogP contribution in [0.3, 0.4) is 0 Å². The summed E-state index contributed by atoms with van der Waals surface area (Å²) in [6.07, 6.45) is 5.89. The Balaban J connectivity index is 1.39. The third kappa shape index (κ3) is 5.69. The molecule has 212 valence electrons. The highest BCUT2D eigenvalue weighted by Gasteiger charge is 2.32. The molecule has 1 aliphatic carbocycles. The lowest BCUT2D eigenvalue weighted by atomic mass is 9.71. The first-order valence-electron chi connectivity index (χ1n) is 14.3. The summed E-state index contributed by atoms with van der Waals surface area (Å²) in [4.78, 5) is 15.0. The molecule has 1 amide bonds. The van der Waals surface area contributed by atoms with Crippen LogP contribution in [-0.4, -0.2) is 41.8 Å². The molecule has 6 rings (SSSR count). The standard InChI is InChI=1S/C33H36ClN5O2/c1-33(2)14-13-22(26(18-33)21-9-11-23(34)12-10-21)17-24-19-36-15-16-39(24)29-7-3-5-25(32(35)40)31(29)41-30-8-4-6-28-27(30)20-37-38-28/h3-12,20,24,36H,13-19H2,1-2H3,(H2,35,40)(H,37,38). The smallest absolute Gasteiger partial charge is 0.252 e. The van der Waals surface area contributed by atoms with Crippen molar-refractivity contribution in [3.05, 3.63) is 88.6 Å². The first-order chi connectivity index (χ1) is 19.8. The molecule has 2 heterocycles. The second-order valence-corrected chi connectivity index (χ2v) is 12.3. The molecule has 1 aliphatic heterocycles. The Morgan fingerprint density at radius 2 is 1.95 bits per heavy atom. The van der Waals surface area contributed by atoms with Crippen molar-refractivity contribution in [1.82, 2.24) is 15.5 Å². The van der Waals surface area contributed by atoms with E-state index in [2.05, 4.69) is 46.4 Å². The summed E-state index contributed by atoms with van der Waals surface area (Å²) in [6.45, 7) is 7.16. The molecule has 1 aromatic heterocycles. The largest absolute Gasteiger partial charge is 0.454 e. The van der Waals surface area contributed by atoms with Crippen LogP contribution in [-0.2, 0) is 0 Å². The van der Waals surface area contributed by atoms with Crippen LogP contribution in [0.4, 0.5) is 5.69 Å². The van der Waals surface area contributed by atoms with Crippen LogP contribution >= 0.6 is 11.6 Å². The lowest BCUT2D eigenvalue weighted by Gasteiger charge is -2.41. The third-order valence-corrected chi connectivity index (χ3v) is 8.69. The number of primary amides is 1. The zero-order chi connectivity index (χ0) is 28.6. The Bertz CT molecular complexity index is 1610. The summed E-state index contributed by atoms with van der Waals surface area (Å²) < 4.78 is 6.55. The molecule has 7 nitrogen and oxygen atoms in total. The van der Waals surface area contributed by atoms with Crippen molar-refractivity contribution in [1.29, 1.82) is 0 Å². The minimum absolute atomic E-state index is 0.178. The molecule has 41 heavy (non-hydrogen) atoms. The maximum absolute atomic E-state index is 12.6. The molecule has 4 aromatic rings. The molecule has 1 atom stereocenters. The molecule has 0 saturated carbocycles. The summed E-state index contributed by atoms with van der Waals surface area (Å²) in [7, 11) is 0. The van der Waals surface area contributed by atoms with E-state index in [1.54, 1.807) is 12.3 Å². The van der Waals surface area contributed by atoms with Gasteiger partial charge in [0.2, 0.25) is 0 Å². The van der Waals surface area contributed by atoms with Gasteiger partial charge in [-0.15, -0.1) is 0 Å². The van der Waals surface area contributed by atoms with Gasteiger partial charge in [0.25, 0.3) is 5.91 Å². The normalized spacial score (nSPS) is 19.0. The van der Waals surface area contributed by atoms with Crippen molar-refractivity contribution in [3.63, 3.8) is 0 Å². The molecule has 0 bridgehead atoms. The van der Waals surface area contributed by atoms with E-state index in [-0.39, 0.29) is 11.5 Å². The molecule has 0 spiro atoms. The monoisotopic (exact) mass is 569 g/mol. The van der Waals surface area contributed by atoms with Crippen molar-refractivity contribution in [3.8, 4) is 11.5 Å². The number of hydrogen-bond donors (Lipinski definition) is 3. The zero-order valence-corrected chi connectivity index (χ0v) is 24.3. The number of halogens is 1. The number of H-pyrrole nitrogens is 1. The van der Waals surface area contributed by atoms with Crippen LogP contribution in [0.15, 0.2) is 72.4 Å². The van der Waals surface area contributed by atoms with Gasteiger partial charge in [0.15, 0.2) is 5.75 Å². The van der Waals surface area contributed by atoms with Crippen LogP contribution in [0, 0.1) is 5.41 Å². The quantitative estimate of drug-likeness (QED) is 0.224. The van der Waals surface area contributed by atoms with E-state index in [0.29, 0.717) is 17.1 Å². The van der Waals surface area contributed by atoms with E-state index in [9.17, 15) is 4.79 Å². The Hall–Kier alpha value is -3.81. The van der Waals surface area contributed by atoms with Gasteiger partial charge in [-0.05, 0) is 78.6 Å². The minimum atomic E-state index is -0.518. The van der Waals surface area contributed by atoms with Crippen LogP contribution in [0.2, 0.25) is 5.02 Å². The van der Waals surface area contributed by atoms with Crippen molar-refractivity contribution in [2.75, 3.05) is 24.5 Å². The lowest BCUT2D eigenvalue weighted by molar-refractivity contribution is 0.0998. The molecular weight excluding hydrogens is 534 g/mol. The number of amides is 1. The molecule has 1 unspecified atom stereocenters. The number of aromatic nitrogens is 2. The van der Waals surface area contributed by atoms with Crippen LogP contribution in [0.5, 0.6) is 11.5 Å². The van der Waals surface area contributed by atoms with Gasteiger partial charge < -0.3 is 20.7 Å². The number of anilines is 1. The third-order valence-electron chi connectivity index (χ3n) is 8.44. The fourth-order valence-corrected chi connectivity index (χ4v) is 6.38. The number of nitrogens with zero attached hydrogens (tertiary/aromatic N) is 2. The molecule has 2 aliphatic rings. The Kier molecular flexibility index (Phi) is 7.49. The lowest BCUT2D eigenvalue weighted by Crippen LogP contribution is -2.52. The number of ether oxygens (including phenoxy) is 1. The number of carbonyl (C=O) groups excluding carboxylic acids is 1. The number of carbonyl (C=O) groups is 1. The average Bonchev–Trinajstić information content (AvgIpc) is 3.45. The van der Waals surface area contributed by atoms with E-state index >= 15 is 0 Å². The summed E-state index contributed by atoms with van der Waals surface area (Å²) in [5, 5.41) is 12.4. The van der Waals surface area contributed by atoms with Crippen LogP contribution in [0.1, 0.15) is 55.5 Å². The number of fused-ring (bicyclic) bond motifs is 1. The molecule has 8 heteroatoms. The van der Waals surface area contributed by atoms with Crippen molar-refractivity contribution in [2.45, 2.75) is 45.6 Å². The molecule has 1 saturated heterocycles. The predicted molar refractivity (Wildman–Crippen MR) is 166 cm³/mol. The second kappa shape index (κ2) is 11.2. The highest BCUT2D eigenvalue weighted by Crippen LogP contribution is 2.46. The number of piperazine rings is 1. The highest BCUT2D eigenvalue weighted by atomic mass is 35.5. The maximum atomic E-state index is 12.6. The minimum Gasteiger partial charge on any atom is -0.454 e. The van der Waals surface area contributed by atoms with Gasteiger partial charge in [-0.3, -0.25) is 9.89 Å². The fraction of sp³-hybridized carbons (Fsp3) is 0.333. The highest BCUT2D eigenvalue weighted by molar-refractivity contribution is 6.30. The van der Waals surface area contributed by atoms with Gasteiger partial charge in [-0.1, -0.05) is 55.3 Å².